The van der Waals surface area contributed by atoms with Crippen molar-refractivity contribution in [3.8, 4) is 5.75 Å². The van der Waals surface area contributed by atoms with Gasteiger partial charge in [0.15, 0.2) is 0 Å². The van der Waals surface area contributed by atoms with Crippen molar-refractivity contribution in [3.05, 3.63) is 64.1 Å². The third kappa shape index (κ3) is 4.44. The molecule has 0 aliphatic carbocycles. The van der Waals surface area contributed by atoms with Crippen LogP contribution in [0.1, 0.15) is 24.1 Å². The van der Waals surface area contributed by atoms with Crippen LogP contribution in [-0.4, -0.2) is 29.2 Å². The molecule has 0 aliphatic heterocycles. The molecule has 2 aromatic carbocycles. The molecule has 0 radical (unpaired) electrons. The molecule has 0 bridgehead atoms. The lowest BCUT2D eigenvalue weighted by molar-refractivity contribution is 0.233. The van der Waals surface area contributed by atoms with Gasteiger partial charge in [0, 0.05) is 0 Å². The van der Waals surface area contributed by atoms with Gasteiger partial charge in [-0.15, -0.1) is 0 Å². The first-order chi connectivity index (χ1) is 12.5. The van der Waals surface area contributed by atoms with Crippen LogP contribution in [0.4, 0.5) is 4.79 Å². The maximum Gasteiger partial charge on any atom is 0.323 e. The first-order valence-corrected chi connectivity index (χ1v) is 8.47. The Morgan fingerprint density at radius 2 is 1.96 bits per heavy atom. The van der Waals surface area contributed by atoms with Gasteiger partial charge in [0.05, 0.1) is 23.6 Å². The average Bonchev–Trinajstić information content (AvgIpc) is 2.98. The van der Waals surface area contributed by atoms with E-state index in [1.54, 1.807) is 0 Å². The Labute approximate surface area is 150 Å². The van der Waals surface area contributed by atoms with Crippen molar-refractivity contribution in [3.63, 3.8) is 0 Å². The van der Waals surface area contributed by atoms with Crippen LogP contribution < -0.4 is 21.1 Å². The van der Waals surface area contributed by atoms with E-state index in [0.29, 0.717) is 18.7 Å². The van der Waals surface area contributed by atoms with Crippen LogP contribution in [0.3, 0.4) is 0 Å². The Morgan fingerprint density at radius 3 is 2.77 bits per heavy atom. The second-order valence-corrected chi connectivity index (χ2v) is 6.17. The van der Waals surface area contributed by atoms with E-state index in [0.717, 1.165) is 22.4 Å². The van der Waals surface area contributed by atoms with Crippen molar-refractivity contribution in [1.29, 1.82) is 0 Å². The number of aromatic nitrogens is 2. The minimum atomic E-state index is -0.270. The molecule has 136 valence electrons. The standard InChI is InChI=1S/C19H22N4O3/c1-12-4-3-5-15(10-12)26-9-8-20-18(24)21-13(2)14-6-7-16-17(11-14)23-19(25)22-16/h3-7,10-11,13H,8-9H2,1-2H3,(H2,20,21,24)(H2,22,23,25)/t13-/m0/s1. The summed E-state index contributed by atoms with van der Waals surface area (Å²) in [7, 11) is 0. The van der Waals surface area contributed by atoms with Crippen LogP contribution in [0.25, 0.3) is 11.0 Å². The van der Waals surface area contributed by atoms with E-state index >= 15 is 0 Å². The summed E-state index contributed by atoms with van der Waals surface area (Å²) in [6.45, 7) is 4.67. The van der Waals surface area contributed by atoms with Crippen molar-refractivity contribution >= 4 is 17.1 Å². The number of rotatable bonds is 6. The van der Waals surface area contributed by atoms with Gasteiger partial charge in [0.25, 0.3) is 0 Å². The highest BCUT2D eigenvalue weighted by molar-refractivity contribution is 5.77. The third-order valence-corrected chi connectivity index (χ3v) is 4.03. The number of nitrogens with one attached hydrogen (secondary N) is 4. The Kier molecular flexibility index (Phi) is 5.26. The Bertz CT molecular complexity index is 961. The lowest BCUT2D eigenvalue weighted by atomic mass is 10.1. The van der Waals surface area contributed by atoms with Crippen LogP contribution in [0.15, 0.2) is 47.3 Å². The Balaban J connectivity index is 1.46. The zero-order valence-corrected chi connectivity index (χ0v) is 14.8. The summed E-state index contributed by atoms with van der Waals surface area (Å²) in [6.07, 6.45) is 0. The summed E-state index contributed by atoms with van der Waals surface area (Å²) in [5.74, 6) is 0.786. The van der Waals surface area contributed by atoms with Crippen molar-refractivity contribution < 1.29 is 9.53 Å². The van der Waals surface area contributed by atoms with Gasteiger partial charge in [-0.25, -0.2) is 9.59 Å². The molecule has 3 aromatic rings. The minimum absolute atomic E-state index is 0.199. The number of ether oxygens (including phenoxy) is 1. The molecule has 0 saturated heterocycles. The molecule has 0 fully saturated rings. The number of H-pyrrole nitrogens is 2. The van der Waals surface area contributed by atoms with Gasteiger partial charge in [-0.2, -0.15) is 0 Å². The lowest BCUT2D eigenvalue weighted by Crippen LogP contribution is -2.38. The number of carbonyl (C=O) groups is 1. The number of imidazole rings is 1. The normalized spacial score (nSPS) is 11.9. The minimum Gasteiger partial charge on any atom is -0.492 e. The number of benzene rings is 2. The molecular formula is C19H22N4O3. The number of aryl methyl sites for hydroxylation is 1. The largest absolute Gasteiger partial charge is 0.492 e. The zero-order valence-electron chi connectivity index (χ0n) is 14.8. The van der Waals surface area contributed by atoms with Crippen LogP contribution >= 0.6 is 0 Å². The maximum absolute atomic E-state index is 12.0. The van der Waals surface area contributed by atoms with Gasteiger partial charge in [0.1, 0.15) is 12.4 Å². The average molecular weight is 354 g/mol. The van der Waals surface area contributed by atoms with E-state index in [-0.39, 0.29) is 17.8 Å². The summed E-state index contributed by atoms with van der Waals surface area (Å²) in [4.78, 5) is 28.7. The van der Waals surface area contributed by atoms with Gasteiger partial charge in [-0.05, 0) is 49.2 Å². The van der Waals surface area contributed by atoms with E-state index < -0.39 is 0 Å². The molecule has 26 heavy (non-hydrogen) atoms. The third-order valence-electron chi connectivity index (χ3n) is 4.03. The number of amides is 2. The number of urea groups is 1. The highest BCUT2D eigenvalue weighted by Crippen LogP contribution is 2.17. The smallest absolute Gasteiger partial charge is 0.323 e. The predicted molar refractivity (Wildman–Crippen MR) is 101 cm³/mol. The predicted octanol–water partition coefficient (Wildman–Crippen LogP) is 2.60. The summed E-state index contributed by atoms with van der Waals surface area (Å²) in [5.41, 5.74) is 3.24. The highest BCUT2D eigenvalue weighted by atomic mass is 16.5. The Hall–Kier alpha value is -3.22. The SMILES string of the molecule is Cc1cccc(OCCNC(=O)N[C@@H](C)c2ccc3[nH]c(=O)[nH]c3c2)c1. The molecule has 1 heterocycles. The van der Waals surface area contributed by atoms with E-state index in [4.69, 9.17) is 4.74 Å². The second-order valence-electron chi connectivity index (χ2n) is 6.17. The zero-order chi connectivity index (χ0) is 18.5. The van der Waals surface area contributed by atoms with Gasteiger partial charge in [-0.3, -0.25) is 0 Å². The molecule has 3 rings (SSSR count). The number of hydrogen-bond donors (Lipinski definition) is 4. The summed E-state index contributed by atoms with van der Waals surface area (Å²) in [5, 5.41) is 5.64. The first-order valence-electron chi connectivity index (χ1n) is 8.47. The molecule has 0 unspecified atom stereocenters. The quantitative estimate of drug-likeness (QED) is 0.512. The summed E-state index contributed by atoms with van der Waals surface area (Å²) < 4.78 is 5.60. The van der Waals surface area contributed by atoms with Crippen LogP contribution in [0, 0.1) is 6.92 Å². The summed E-state index contributed by atoms with van der Waals surface area (Å²) >= 11 is 0. The van der Waals surface area contributed by atoms with E-state index in [2.05, 4.69) is 20.6 Å². The first kappa shape index (κ1) is 17.6. The maximum atomic E-state index is 12.0. The molecule has 4 N–H and O–H groups in total. The molecule has 0 spiro atoms. The number of aromatic amines is 2. The van der Waals surface area contributed by atoms with E-state index in [9.17, 15) is 9.59 Å². The molecule has 2 amide bonds. The highest BCUT2D eigenvalue weighted by Gasteiger charge is 2.10. The van der Waals surface area contributed by atoms with Crippen molar-refractivity contribution in [1.82, 2.24) is 20.6 Å². The molecule has 7 nitrogen and oxygen atoms in total. The van der Waals surface area contributed by atoms with Crippen molar-refractivity contribution in [2.45, 2.75) is 19.9 Å². The fourth-order valence-corrected chi connectivity index (χ4v) is 2.69. The topological polar surface area (TPSA) is 99.0 Å². The van der Waals surface area contributed by atoms with Crippen LogP contribution in [0.2, 0.25) is 0 Å². The molecule has 7 heteroatoms. The molecule has 0 saturated carbocycles. The number of carbonyl (C=O) groups excluding carboxylic acids is 1. The monoisotopic (exact) mass is 354 g/mol. The number of hydrogen-bond acceptors (Lipinski definition) is 3. The van der Waals surface area contributed by atoms with Gasteiger partial charge in [-0.1, -0.05) is 18.2 Å². The van der Waals surface area contributed by atoms with Gasteiger partial charge < -0.3 is 25.3 Å². The molecule has 0 aliphatic rings. The van der Waals surface area contributed by atoms with Crippen LogP contribution in [0.5, 0.6) is 5.75 Å². The Morgan fingerprint density at radius 1 is 1.15 bits per heavy atom. The summed E-state index contributed by atoms with van der Waals surface area (Å²) in [6, 6.07) is 12.8. The van der Waals surface area contributed by atoms with E-state index in [1.807, 2.05) is 56.3 Å². The van der Waals surface area contributed by atoms with Crippen molar-refractivity contribution in [2.75, 3.05) is 13.2 Å². The lowest BCUT2D eigenvalue weighted by Gasteiger charge is -2.15. The van der Waals surface area contributed by atoms with Crippen molar-refractivity contribution in [2.24, 2.45) is 0 Å². The fourth-order valence-electron chi connectivity index (χ4n) is 2.69. The number of fused-ring (bicyclic) bond motifs is 1. The fraction of sp³-hybridized carbons (Fsp3) is 0.263. The second kappa shape index (κ2) is 7.77. The molecular weight excluding hydrogens is 332 g/mol. The van der Waals surface area contributed by atoms with Gasteiger partial charge >= 0.3 is 11.7 Å². The molecule has 1 atom stereocenters. The van der Waals surface area contributed by atoms with Gasteiger partial charge in [0.2, 0.25) is 0 Å². The molecule has 1 aromatic heterocycles. The van der Waals surface area contributed by atoms with E-state index in [1.165, 1.54) is 0 Å². The van der Waals surface area contributed by atoms with Crippen LogP contribution in [-0.2, 0) is 0 Å².